The highest BCUT2D eigenvalue weighted by Gasteiger charge is 2.38. The van der Waals surface area contributed by atoms with Crippen LogP contribution < -0.4 is 5.32 Å². The van der Waals surface area contributed by atoms with Crippen LogP contribution in [-0.4, -0.2) is 69.6 Å². The molecule has 1 saturated heterocycles. The summed E-state index contributed by atoms with van der Waals surface area (Å²) in [4.78, 5) is 18.1. The number of guanidine groups is 1. The van der Waals surface area contributed by atoms with E-state index in [0.717, 1.165) is 30.5 Å². The van der Waals surface area contributed by atoms with E-state index in [1.54, 1.807) is 6.20 Å². The molecular formula is C17H28N6O2S. The lowest BCUT2D eigenvalue weighted by molar-refractivity contribution is -0.141. The van der Waals surface area contributed by atoms with Gasteiger partial charge < -0.3 is 15.0 Å². The number of aromatic nitrogens is 3. The molecule has 2 aliphatic rings. The van der Waals surface area contributed by atoms with E-state index in [-0.39, 0.29) is 12.5 Å². The molecule has 1 aliphatic heterocycles. The average molecular weight is 381 g/mol. The zero-order valence-electron chi connectivity index (χ0n) is 15.6. The molecule has 2 heterocycles. The number of hydrogen-bond donors (Lipinski definition) is 1. The Hall–Kier alpha value is -1.77. The van der Waals surface area contributed by atoms with Crippen LogP contribution in [0.5, 0.6) is 0 Å². The first kappa shape index (κ1) is 19.0. The molecule has 0 atom stereocenters. The predicted octanol–water partition coefficient (Wildman–Crippen LogP) is 1.28. The van der Waals surface area contributed by atoms with Crippen molar-refractivity contribution in [3.63, 3.8) is 0 Å². The molecule has 1 aromatic rings. The summed E-state index contributed by atoms with van der Waals surface area (Å²) >= 11 is 2.15. The topological polar surface area (TPSA) is 84.6 Å². The molecule has 1 spiro atoms. The molecule has 26 heavy (non-hydrogen) atoms. The van der Waals surface area contributed by atoms with Crippen LogP contribution in [0.1, 0.15) is 37.8 Å². The Balaban J connectivity index is 1.55. The molecule has 8 nitrogen and oxygen atoms in total. The van der Waals surface area contributed by atoms with Crippen LogP contribution in [0, 0.1) is 0 Å². The van der Waals surface area contributed by atoms with Gasteiger partial charge in [-0.1, -0.05) is 24.5 Å². The molecule has 0 bridgehead atoms. The zero-order valence-corrected chi connectivity index (χ0v) is 16.4. The molecule has 1 aromatic heterocycles. The largest absolute Gasteiger partial charge is 0.468 e. The van der Waals surface area contributed by atoms with Gasteiger partial charge in [-0.3, -0.25) is 9.79 Å². The Bertz CT molecular complexity index is 635. The van der Waals surface area contributed by atoms with Crippen molar-refractivity contribution in [3.8, 4) is 0 Å². The Labute approximate surface area is 158 Å². The van der Waals surface area contributed by atoms with Crippen molar-refractivity contribution in [1.82, 2.24) is 25.2 Å². The van der Waals surface area contributed by atoms with Crippen molar-refractivity contribution in [2.45, 2.75) is 49.9 Å². The van der Waals surface area contributed by atoms with Crippen LogP contribution in [0.25, 0.3) is 0 Å². The predicted molar refractivity (Wildman–Crippen MR) is 102 cm³/mol. The van der Waals surface area contributed by atoms with Crippen molar-refractivity contribution in [2.75, 3.05) is 33.0 Å². The van der Waals surface area contributed by atoms with Gasteiger partial charge in [0.05, 0.1) is 19.9 Å². The van der Waals surface area contributed by atoms with Crippen molar-refractivity contribution in [3.05, 3.63) is 11.9 Å². The molecule has 3 rings (SSSR count). The Morgan fingerprint density at radius 2 is 2.23 bits per heavy atom. The van der Waals surface area contributed by atoms with E-state index in [1.165, 1.54) is 43.9 Å². The third kappa shape index (κ3) is 4.69. The Morgan fingerprint density at radius 1 is 1.42 bits per heavy atom. The average Bonchev–Trinajstić information content (AvgIpc) is 3.10. The number of thioether (sulfide) groups is 1. The number of rotatable bonds is 4. The first-order valence-corrected chi connectivity index (χ1v) is 10.2. The van der Waals surface area contributed by atoms with E-state index in [2.05, 4.69) is 42.0 Å². The van der Waals surface area contributed by atoms with Gasteiger partial charge in [0.2, 0.25) is 0 Å². The first-order chi connectivity index (χ1) is 12.6. The normalized spacial score (nSPS) is 20.2. The summed E-state index contributed by atoms with van der Waals surface area (Å²) in [6, 6.07) is 0. The van der Waals surface area contributed by atoms with E-state index in [9.17, 15) is 4.79 Å². The molecule has 1 saturated carbocycles. The number of aliphatic imine (C=N–C) groups is 1. The van der Waals surface area contributed by atoms with Crippen LogP contribution in [0.15, 0.2) is 11.2 Å². The molecular weight excluding hydrogens is 352 g/mol. The van der Waals surface area contributed by atoms with Gasteiger partial charge in [0.1, 0.15) is 12.2 Å². The van der Waals surface area contributed by atoms with Gasteiger partial charge in [-0.25, -0.2) is 4.68 Å². The number of carbonyl (C=O) groups is 1. The summed E-state index contributed by atoms with van der Waals surface area (Å²) in [5, 5.41) is 11.5. The fourth-order valence-corrected chi connectivity index (χ4v) is 5.29. The van der Waals surface area contributed by atoms with Crippen LogP contribution in [0.4, 0.5) is 0 Å². The second-order valence-electron chi connectivity index (χ2n) is 6.90. The third-order valence-corrected chi connectivity index (χ3v) is 6.59. The standard InChI is InChI=1S/C17H28N6O2S/c1-18-16(19-10-14-11-23(21-20-14)12-15(24)25-2)22-8-9-26-17(13-22)6-4-3-5-7-17/h11H,3-10,12-13H2,1-2H3,(H,18,19). The van der Waals surface area contributed by atoms with Crippen molar-refractivity contribution in [1.29, 1.82) is 0 Å². The number of hydrogen-bond acceptors (Lipinski definition) is 6. The fourth-order valence-electron chi connectivity index (χ4n) is 3.72. The number of nitrogens with one attached hydrogen (secondary N) is 1. The van der Waals surface area contributed by atoms with Gasteiger partial charge >= 0.3 is 5.97 Å². The lowest BCUT2D eigenvalue weighted by Crippen LogP contribution is -2.53. The van der Waals surface area contributed by atoms with E-state index >= 15 is 0 Å². The third-order valence-electron chi connectivity index (χ3n) is 5.06. The molecule has 0 aromatic carbocycles. The van der Waals surface area contributed by atoms with E-state index in [0.29, 0.717) is 11.3 Å². The molecule has 0 unspecified atom stereocenters. The van der Waals surface area contributed by atoms with Gasteiger partial charge in [-0.15, -0.1) is 5.10 Å². The van der Waals surface area contributed by atoms with Gasteiger partial charge in [-0.05, 0) is 12.8 Å². The van der Waals surface area contributed by atoms with Gasteiger partial charge in [0, 0.05) is 30.6 Å². The van der Waals surface area contributed by atoms with Crippen molar-refractivity contribution < 1.29 is 9.53 Å². The summed E-state index contributed by atoms with van der Waals surface area (Å²) < 4.78 is 6.53. The summed E-state index contributed by atoms with van der Waals surface area (Å²) in [5.74, 6) is 1.72. The van der Waals surface area contributed by atoms with E-state index in [4.69, 9.17) is 0 Å². The number of carbonyl (C=O) groups excluding carboxylic acids is 1. The van der Waals surface area contributed by atoms with Crippen LogP contribution >= 0.6 is 11.8 Å². The fraction of sp³-hybridized carbons (Fsp3) is 0.765. The SMILES string of the molecule is CN=C(NCc1cn(CC(=O)OC)nn1)N1CCSC2(CCCCC2)C1. The van der Waals surface area contributed by atoms with Gasteiger partial charge in [0.15, 0.2) is 5.96 Å². The molecule has 9 heteroatoms. The van der Waals surface area contributed by atoms with Crippen molar-refractivity contribution >= 4 is 23.7 Å². The monoisotopic (exact) mass is 380 g/mol. The van der Waals surface area contributed by atoms with Crippen LogP contribution in [0.2, 0.25) is 0 Å². The number of nitrogens with zero attached hydrogens (tertiary/aromatic N) is 5. The van der Waals surface area contributed by atoms with Crippen LogP contribution in [-0.2, 0) is 22.6 Å². The van der Waals surface area contributed by atoms with Crippen LogP contribution in [0.3, 0.4) is 0 Å². The summed E-state index contributed by atoms with van der Waals surface area (Å²) in [7, 11) is 3.19. The quantitative estimate of drug-likeness (QED) is 0.478. The number of ether oxygens (including phenoxy) is 1. The van der Waals surface area contributed by atoms with E-state index in [1.807, 2.05) is 7.05 Å². The molecule has 0 radical (unpaired) electrons. The minimum absolute atomic E-state index is 0.0735. The maximum atomic E-state index is 11.3. The molecule has 144 valence electrons. The second kappa shape index (κ2) is 8.75. The molecule has 1 aliphatic carbocycles. The Kier molecular flexibility index (Phi) is 6.39. The highest BCUT2D eigenvalue weighted by molar-refractivity contribution is 8.00. The minimum Gasteiger partial charge on any atom is -0.468 e. The molecule has 2 fully saturated rings. The number of methoxy groups -OCH3 is 1. The van der Waals surface area contributed by atoms with Gasteiger partial charge in [0.25, 0.3) is 0 Å². The summed E-state index contributed by atoms with van der Waals surface area (Å²) in [6.45, 7) is 2.68. The number of esters is 1. The van der Waals surface area contributed by atoms with Crippen molar-refractivity contribution in [2.24, 2.45) is 4.99 Å². The maximum absolute atomic E-state index is 11.3. The molecule has 1 N–H and O–H groups in total. The highest BCUT2D eigenvalue weighted by atomic mass is 32.2. The molecule has 0 amide bonds. The second-order valence-corrected chi connectivity index (χ2v) is 8.46. The van der Waals surface area contributed by atoms with E-state index < -0.39 is 0 Å². The maximum Gasteiger partial charge on any atom is 0.327 e. The first-order valence-electron chi connectivity index (χ1n) is 9.19. The lowest BCUT2D eigenvalue weighted by Gasteiger charge is -2.45. The summed E-state index contributed by atoms with van der Waals surface area (Å²) in [5.41, 5.74) is 0.772. The smallest absolute Gasteiger partial charge is 0.327 e. The minimum atomic E-state index is -0.339. The summed E-state index contributed by atoms with van der Waals surface area (Å²) in [6.07, 6.45) is 8.44. The zero-order chi connectivity index (χ0) is 18.4. The lowest BCUT2D eigenvalue weighted by atomic mass is 9.87. The highest BCUT2D eigenvalue weighted by Crippen LogP contribution is 2.42. The Morgan fingerprint density at radius 3 is 2.96 bits per heavy atom. The van der Waals surface area contributed by atoms with Gasteiger partial charge in [-0.2, -0.15) is 11.8 Å².